The molecule has 2 aromatic carbocycles. The van der Waals surface area contributed by atoms with E-state index in [9.17, 15) is 4.79 Å². The number of hydrogen-bond acceptors (Lipinski definition) is 3. The summed E-state index contributed by atoms with van der Waals surface area (Å²) >= 11 is 3.37. The number of anilines is 1. The summed E-state index contributed by atoms with van der Waals surface area (Å²) in [4.78, 5) is 16.7. The summed E-state index contributed by atoms with van der Waals surface area (Å²) in [5, 5.41) is 0.519. The van der Waals surface area contributed by atoms with Crippen LogP contribution < -0.4 is 11.3 Å². The lowest BCUT2D eigenvalue weighted by Crippen LogP contribution is -2.18. The maximum Gasteiger partial charge on any atom is 0.265 e. The molecule has 0 fully saturated rings. The van der Waals surface area contributed by atoms with E-state index in [4.69, 9.17) is 5.73 Å². The molecule has 0 aliphatic rings. The Morgan fingerprint density at radius 3 is 2.58 bits per heavy atom. The lowest BCUT2D eigenvalue weighted by molar-refractivity contribution is 0.963. The van der Waals surface area contributed by atoms with Gasteiger partial charge in [-0.1, -0.05) is 15.9 Å². The van der Waals surface area contributed by atoms with Crippen LogP contribution in [0.15, 0.2) is 58.1 Å². The molecule has 3 rings (SSSR count). The molecule has 19 heavy (non-hydrogen) atoms. The Morgan fingerprint density at radius 1 is 1.11 bits per heavy atom. The first-order valence-corrected chi connectivity index (χ1v) is 6.47. The van der Waals surface area contributed by atoms with Crippen molar-refractivity contribution in [1.29, 1.82) is 0 Å². The van der Waals surface area contributed by atoms with Crippen molar-refractivity contribution in [2.75, 3.05) is 5.73 Å². The molecule has 0 bridgehead atoms. The Balaban J connectivity index is 2.28. The second-order valence-corrected chi connectivity index (χ2v) is 5.09. The minimum Gasteiger partial charge on any atom is -0.399 e. The number of nitrogen functional groups attached to an aromatic ring is 1. The highest BCUT2D eigenvalue weighted by molar-refractivity contribution is 9.10. The zero-order valence-corrected chi connectivity index (χ0v) is 11.5. The number of hydrogen-bond donors (Lipinski definition) is 1. The third kappa shape index (κ3) is 2.13. The maximum atomic E-state index is 12.4. The molecule has 0 unspecified atom stereocenters. The molecule has 0 radical (unpaired) electrons. The quantitative estimate of drug-likeness (QED) is 0.702. The first kappa shape index (κ1) is 11.9. The zero-order chi connectivity index (χ0) is 13.4. The molecule has 0 saturated heterocycles. The third-order valence-electron chi connectivity index (χ3n) is 2.89. The monoisotopic (exact) mass is 315 g/mol. The Morgan fingerprint density at radius 2 is 1.84 bits per heavy atom. The number of rotatable bonds is 1. The van der Waals surface area contributed by atoms with Gasteiger partial charge in [0.15, 0.2) is 0 Å². The number of fused-ring (bicyclic) bond motifs is 1. The van der Waals surface area contributed by atoms with Gasteiger partial charge >= 0.3 is 0 Å². The summed E-state index contributed by atoms with van der Waals surface area (Å²) in [5.74, 6) is 0. The zero-order valence-electron chi connectivity index (χ0n) is 9.88. The van der Waals surface area contributed by atoms with Crippen molar-refractivity contribution >= 4 is 32.5 Å². The van der Waals surface area contributed by atoms with Crippen molar-refractivity contribution in [3.8, 4) is 5.69 Å². The van der Waals surface area contributed by atoms with Gasteiger partial charge in [0.2, 0.25) is 0 Å². The van der Waals surface area contributed by atoms with Crippen LogP contribution in [-0.2, 0) is 0 Å². The lowest BCUT2D eigenvalue weighted by atomic mass is 10.2. The van der Waals surface area contributed by atoms with Crippen molar-refractivity contribution in [1.82, 2.24) is 9.55 Å². The number of aromatic nitrogens is 2. The fourth-order valence-corrected chi connectivity index (χ4v) is 2.19. The van der Waals surface area contributed by atoms with Crippen LogP contribution in [0.3, 0.4) is 0 Å². The fourth-order valence-electron chi connectivity index (χ4n) is 1.93. The highest BCUT2D eigenvalue weighted by atomic mass is 79.9. The molecule has 0 aliphatic heterocycles. The average molecular weight is 316 g/mol. The molecule has 0 saturated carbocycles. The topological polar surface area (TPSA) is 60.9 Å². The van der Waals surface area contributed by atoms with Crippen LogP contribution in [0.25, 0.3) is 16.6 Å². The Kier molecular flexibility index (Phi) is 2.83. The summed E-state index contributed by atoms with van der Waals surface area (Å²) in [5.41, 5.74) is 7.56. The largest absolute Gasteiger partial charge is 0.399 e. The maximum absolute atomic E-state index is 12.4. The van der Waals surface area contributed by atoms with Crippen LogP contribution in [-0.4, -0.2) is 9.55 Å². The first-order chi connectivity index (χ1) is 9.15. The van der Waals surface area contributed by atoms with E-state index in [1.165, 1.54) is 10.9 Å². The van der Waals surface area contributed by atoms with Crippen LogP contribution in [0.4, 0.5) is 5.69 Å². The number of nitrogens with zero attached hydrogens (tertiary/aromatic N) is 2. The molecule has 2 N–H and O–H groups in total. The minimum absolute atomic E-state index is 0.125. The third-order valence-corrected chi connectivity index (χ3v) is 3.42. The van der Waals surface area contributed by atoms with Crippen molar-refractivity contribution in [2.24, 2.45) is 0 Å². The smallest absolute Gasteiger partial charge is 0.265 e. The van der Waals surface area contributed by atoms with Crippen LogP contribution >= 0.6 is 15.9 Å². The highest BCUT2D eigenvalue weighted by Gasteiger charge is 2.06. The fraction of sp³-hybridized carbons (Fsp3) is 0. The first-order valence-electron chi connectivity index (χ1n) is 5.68. The molecular weight excluding hydrogens is 306 g/mol. The molecule has 1 aromatic heterocycles. The van der Waals surface area contributed by atoms with E-state index in [2.05, 4.69) is 20.9 Å². The van der Waals surface area contributed by atoms with Gasteiger partial charge in [-0.3, -0.25) is 9.36 Å². The summed E-state index contributed by atoms with van der Waals surface area (Å²) in [6, 6.07) is 12.6. The van der Waals surface area contributed by atoms with Gasteiger partial charge in [0.1, 0.15) is 6.33 Å². The Hall–Kier alpha value is -2.14. The summed E-state index contributed by atoms with van der Waals surface area (Å²) in [7, 11) is 0. The second kappa shape index (κ2) is 4.51. The Labute approximate surface area is 117 Å². The molecule has 3 aromatic rings. The highest BCUT2D eigenvalue weighted by Crippen LogP contribution is 2.15. The van der Waals surface area contributed by atoms with Crippen molar-refractivity contribution in [3.05, 3.63) is 63.6 Å². The molecule has 1 heterocycles. The molecule has 0 amide bonds. The molecule has 94 valence electrons. The van der Waals surface area contributed by atoms with Gasteiger partial charge in [-0.25, -0.2) is 4.98 Å². The predicted octanol–water partition coefficient (Wildman–Crippen LogP) is 2.73. The van der Waals surface area contributed by atoms with Gasteiger partial charge in [0.05, 0.1) is 16.6 Å². The van der Waals surface area contributed by atoms with Crippen LogP contribution in [0.2, 0.25) is 0 Å². The van der Waals surface area contributed by atoms with E-state index >= 15 is 0 Å². The molecule has 0 aliphatic carbocycles. The normalized spacial score (nSPS) is 10.8. The van der Waals surface area contributed by atoms with Crippen molar-refractivity contribution < 1.29 is 0 Å². The average Bonchev–Trinajstić information content (AvgIpc) is 2.41. The lowest BCUT2D eigenvalue weighted by Gasteiger charge is -2.07. The SMILES string of the molecule is Nc1ccc2ncn(-c3ccc(Br)cc3)c(=O)c2c1. The van der Waals surface area contributed by atoms with E-state index < -0.39 is 0 Å². The van der Waals surface area contributed by atoms with Gasteiger partial charge in [0.25, 0.3) is 5.56 Å². The molecule has 4 nitrogen and oxygen atoms in total. The second-order valence-electron chi connectivity index (χ2n) is 4.17. The standard InChI is InChI=1S/C14H10BrN3O/c15-9-1-4-11(5-2-9)18-8-17-13-6-3-10(16)7-12(13)14(18)19/h1-8H,16H2. The van der Waals surface area contributed by atoms with Gasteiger partial charge < -0.3 is 5.73 Å². The van der Waals surface area contributed by atoms with Crippen LogP contribution in [0.1, 0.15) is 0 Å². The summed E-state index contributed by atoms with van der Waals surface area (Å²) in [6.45, 7) is 0. The molecule has 0 atom stereocenters. The van der Waals surface area contributed by atoms with E-state index in [1.807, 2.05) is 24.3 Å². The number of halogens is 1. The summed E-state index contributed by atoms with van der Waals surface area (Å²) < 4.78 is 2.47. The predicted molar refractivity (Wildman–Crippen MR) is 79.5 cm³/mol. The van der Waals surface area contributed by atoms with E-state index in [-0.39, 0.29) is 5.56 Å². The van der Waals surface area contributed by atoms with Crippen LogP contribution in [0, 0.1) is 0 Å². The van der Waals surface area contributed by atoms with E-state index in [1.54, 1.807) is 18.2 Å². The van der Waals surface area contributed by atoms with Gasteiger partial charge in [-0.2, -0.15) is 0 Å². The van der Waals surface area contributed by atoms with E-state index in [0.717, 1.165) is 10.2 Å². The molecule has 0 spiro atoms. The van der Waals surface area contributed by atoms with Gasteiger partial charge in [-0.05, 0) is 42.5 Å². The molecule has 5 heteroatoms. The number of nitrogens with two attached hydrogens (primary N) is 1. The Bertz CT molecular complexity index is 809. The van der Waals surface area contributed by atoms with Crippen molar-refractivity contribution in [3.63, 3.8) is 0 Å². The minimum atomic E-state index is -0.125. The molecular formula is C14H10BrN3O. The number of benzene rings is 2. The van der Waals surface area contributed by atoms with E-state index in [0.29, 0.717) is 16.6 Å². The summed E-state index contributed by atoms with van der Waals surface area (Å²) in [6.07, 6.45) is 1.53. The van der Waals surface area contributed by atoms with Gasteiger partial charge in [0, 0.05) is 10.2 Å². The van der Waals surface area contributed by atoms with Crippen molar-refractivity contribution in [2.45, 2.75) is 0 Å². The van der Waals surface area contributed by atoms with Gasteiger partial charge in [-0.15, -0.1) is 0 Å². The van der Waals surface area contributed by atoms with Crippen LogP contribution in [0.5, 0.6) is 0 Å².